The van der Waals surface area contributed by atoms with E-state index in [1.807, 2.05) is 26.1 Å². The maximum absolute atomic E-state index is 15.6. The number of amides is 2. The first-order valence-electron chi connectivity index (χ1n) is 19.9. The number of nitrogens with one attached hydrogen (secondary N) is 2. The number of nitrogens with two attached hydrogens (primary N) is 1. The van der Waals surface area contributed by atoms with E-state index in [4.69, 9.17) is 32.0 Å². The molecular weight excluding hydrogens is 883 g/mol. The number of hydrogen-bond acceptors (Lipinski definition) is 12. The molecule has 1 aromatic heterocycles. The quantitative estimate of drug-likeness (QED) is 0.0388. The van der Waals surface area contributed by atoms with Crippen LogP contribution in [0.25, 0.3) is 5.69 Å². The molecular formula is C42H46ClF5N10O5Si. The molecule has 0 radical (unpaired) electrons. The number of aromatic nitrogens is 3. The molecule has 4 aromatic rings. The van der Waals surface area contributed by atoms with Gasteiger partial charge in [0.05, 0.1) is 33.3 Å². The Morgan fingerprint density at radius 2 is 1.70 bits per heavy atom. The molecule has 0 saturated heterocycles. The Kier molecular flexibility index (Phi) is 13.4. The number of nitrogens with zero attached hydrogens (tertiary/aromatic N) is 7. The Hall–Kier alpha value is -6.22. The summed E-state index contributed by atoms with van der Waals surface area (Å²) in [4.78, 5) is 61.7. The summed E-state index contributed by atoms with van der Waals surface area (Å²) in [6.07, 6.45) is -7.58. The van der Waals surface area contributed by atoms with E-state index < -0.39 is 73.6 Å². The summed E-state index contributed by atoms with van der Waals surface area (Å²) in [5, 5.41) is 10.3. The third-order valence-electron chi connectivity index (χ3n) is 10.4. The largest absolute Gasteiger partial charge is 0.447 e. The Balaban J connectivity index is 1.49. The molecule has 1 aliphatic carbocycles. The molecule has 15 nitrogen and oxygen atoms in total. The van der Waals surface area contributed by atoms with E-state index in [0.717, 1.165) is 15.9 Å². The van der Waals surface area contributed by atoms with Gasteiger partial charge in [0.2, 0.25) is 5.96 Å². The highest BCUT2D eigenvalue weighted by Crippen LogP contribution is 2.49. The zero-order chi connectivity index (χ0) is 46.8. The van der Waals surface area contributed by atoms with E-state index in [1.54, 1.807) is 48.7 Å². The third-order valence-corrected chi connectivity index (χ3v) is 12.5. The Morgan fingerprint density at radius 3 is 2.28 bits per heavy atom. The Labute approximate surface area is 370 Å². The SMILES string of the molecule is CC(C)(C)C[C@]1(c2ccc(N=CC(=NN)[Si](C)(C)C)cc2)N=C(NOC(=O)c2ccccc2)N([C@H](COC(=O)NC2(C(F)(F)F)CC2)c2ccc(Cl)c(-n3ncnc3C(F)F)c2)C1=O. The molecule has 6 rings (SSSR count). The first kappa shape index (κ1) is 47.3. The number of halogens is 6. The van der Waals surface area contributed by atoms with Crippen molar-refractivity contribution < 1.29 is 45.9 Å². The predicted molar refractivity (Wildman–Crippen MR) is 231 cm³/mol. The smallest absolute Gasteiger partial charge is 0.411 e. The first-order chi connectivity index (χ1) is 30.0. The topological polar surface area (TPSA) is 191 Å². The van der Waals surface area contributed by atoms with Gasteiger partial charge in [-0.2, -0.15) is 28.9 Å². The molecule has 340 valence electrons. The highest BCUT2D eigenvalue weighted by Gasteiger charge is 2.65. The average Bonchev–Trinajstić information content (AvgIpc) is 3.76. The first-order valence-corrected chi connectivity index (χ1v) is 23.7. The van der Waals surface area contributed by atoms with Crippen LogP contribution in [0.15, 0.2) is 94.2 Å². The molecule has 2 atom stereocenters. The van der Waals surface area contributed by atoms with E-state index in [0.29, 0.717) is 16.6 Å². The number of benzene rings is 3. The maximum atomic E-state index is 15.6. The van der Waals surface area contributed by atoms with E-state index in [9.17, 15) is 31.5 Å². The number of alkyl halides is 5. The van der Waals surface area contributed by atoms with Gasteiger partial charge in [-0.15, -0.1) is 0 Å². The van der Waals surface area contributed by atoms with Gasteiger partial charge in [0, 0.05) is 6.21 Å². The molecule has 0 bridgehead atoms. The van der Waals surface area contributed by atoms with Gasteiger partial charge in [0.1, 0.15) is 26.5 Å². The van der Waals surface area contributed by atoms with E-state index in [-0.39, 0.29) is 47.1 Å². The number of alkyl carbamates (subject to hydrolysis) is 1. The van der Waals surface area contributed by atoms with Gasteiger partial charge in [-0.25, -0.2) is 33.0 Å². The molecule has 0 spiro atoms. The van der Waals surface area contributed by atoms with Crippen molar-refractivity contribution in [2.75, 3.05) is 6.61 Å². The minimum atomic E-state index is -4.78. The molecule has 1 saturated carbocycles. The second kappa shape index (κ2) is 18.1. The number of carbonyl (C=O) groups is 3. The Morgan fingerprint density at radius 1 is 1.03 bits per heavy atom. The van der Waals surface area contributed by atoms with Gasteiger partial charge >= 0.3 is 18.2 Å². The minimum absolute atomic E-state index is 0.0279. The van der Waals surface area contributed by atoms with E-state index >= 15 is 4.79 Å². The van der Waals surface area contributed by atoms with Crippen molar-refractivity contribution in [1.29, 1.82) is 0 Å². The molecule has 4 N–H and O–H groups in total. The van der Waals surface area contributed by atoms with E-state index in [1.165, 1.54) is 30.3 Å². The average molecular weight is 929 g/mol. The van der Waals surface area contributed by atoms with Crippen molar-refractivity contribution in [2.24, 2.45) is 26.3 Å². The summed E-state index contributed by atoms with van der Waals surface area (Å²) < 4.78 is 76.2. The summed E-state index contributed by atoms with van der Waals surface area (Å²) in [7, 11) is -1.94. The number of aliphatic imine (C=N–C) groups is 2. The second-order valence-corrected chi connectivity index (χ2v) is 22.9. The van der Waals surface area contributed by atoms with Gasteiger partial charge in [-0.05, 0) is 72.2 Å². The fraction of sp³-hybridized carbons (Fsp3) is 0.381. The van der Waals surface area contributed by atoms with Crippen LogP contribution in [-0.4, -0.2) is 81.5 Å². The van der Waals surface area contributed by atoms with Crippen LogP contribution in [0.1, 0.15) is 79.8 Å². The van der Waals surface area contributed by atoms with Crippen molar-refractivity contribution in [3.8, 4) is 5.69 Å². The normalized spacial score (nSPS) is 18.3. The van der Waals surface area contributed by atoms with Gasteiger partial charge in [0.25, 0.3) is 12.3 Å². The van der Waals surface area contributed by atoms with Gasteiger partial charge in [-0.1, -0.05) is 88.4 Å². The highest BCUT2D eigenvalue weighted by molar-refractivity contribution is 7.11. The lowest BCUT2D eigenvalue weighted by molar-refractivity contribution is -0.164. The monoisotopic (exact) mass is 928 g/mol. The Bertz CT molecular complexity index is 2470. The van der Waals surface area contributed by atoms with Crippen LogP contribution >= 0.6 is 11.6 Å². The second-order valence-electron chi connectivity index (χ2n) is 17.5. The van der Waals surface area contributed by atoms with Crippen LogP contribution in [0.2, 0.25) is 24.7 Å². The van der Waals surface area contributed by atoms with Gasteiger partial charge < -0.3 is 20.7 Å². The van der Waals surface area contributed by atoms with Crippen LogP contribution in [0.4, 0.5) is 32.4 Å². The van der Waals surface area contributed by atoms with Crippen molar-refractivity contribution in [3.05, 3.63) is 107 Å². The third kappa shape index (κ3) is 10.3. The number of hydroxylamine groups is 1. The van der Waals surface area contributed by atoms with Crippen LogP contribution < -0.4 is 16.6 Å². The predicted octanol–water partition coefficient (Wildman–Crippen LogP) is 8.51. The number of ether oxygens (including phenoxy) is 1. The molecule has 22 heteroatoms. The zero-order valence-electron chi connectivity index (χ0n) is 35.6. The molecule has 1 aliphatic heterocycles. The van der Waals surface area contributed by atoms with Crippen LogP contribution in [0, 0.1) is 5.41 Å². The fourth-order valence-electron chi connectivity index (χ4n) is 7.01. The fourth-order valence-corrected chi connectivity index (χ4v) is 8.05. The summed E-state index contributed by atoms with van der Waals surface area (Å²) in [5.74, 6) is 2.89. The number of hydrogen-bond donors (Lipinski definition) is 3. The lowest BCUT2D eigenvalue weighted by Crippen LogP contribution is -2.50. The van der Waals surface area contributed by atoms with Crippen molar-refractivity contribution in [2.45, 2.75) is 89.4 Å². The van der Waals surface area contributed by atoms with Crippen LogP contribution in [-0.2, 0) is 19.9 Å². The highest BCUT2D eigenvalue weighted by atomic mass is 35.5. The standard InChI is InChI=1S/C42H46ClF5N10O5Si/c1-39(2,3)23-41(27-13-15-28(16-14-27)50-21-32(55-49)64(4,5)6)36(60)57(37(53-41)56-63-35(59)25-10-8-7-9-11-25)31(22-62-38(61)54-40(18-19-40)42(46,47)48)26-12-17-29(43)30(20-26)58-34(33(44)45)51-24-52-58/h7-17,20-21,24,31,33H,18-19,22-23,49H2,1-6H3,(H,53,56)(H,54,61)/t31-,41-/m1/s1. The molecule has 2 heterocycles. The lowest BCUT2D eigenvalue weighted by atomic mass is 9.75. The number of rotatable bonds is 13. The molecule has 64 heavy (non-hydrogen) atoms. The zero-order valence-corrected chi connectivity index (χ0v) is 37.3. The molecule has 3 aromatic carbocycles. The summed E-state index contributed by atoms with van der Waals surface area (Å²) in [5.41, 5.74) is -1.51. The molecule has 0 unspecified atom stereocenters. The van der Waals surface area contributed by atoms with E-state index in [2.05, 4.69) is 45.3 Å². The van der Waals surface area contributed by atoms with Crippen LogP contribution in [0.5, 0.6) is 0 Å². The lowest BCUT2D eigenvalue weighted by Gasteiger charge is -2.35. The number of carbonyl (C=O) groups excluding carboxylic acids is 3. The number of hydrazone groups is 1. The molecule has 2 amide bonds. The molecule has 1 fully saturated rings. The maximum Gasteiger partial charge on any atom is 0.411 e. The van der Waals surface area contributed by atoms with Crippen molar-refractivity contribution >= 4 is 60.8 Å². The summed E-state index contributed by atoms with van der Waals surface area (Å²) >= 11 is 6.53. The van der Waals surface area contributed by atoms with Crippen molar-refractivity contribution in [1.82, 2.24) is 30.5 Å². The van der Waals surface area contributed by atoms with Crippen molar-refractivity contribution in [3.63, 3.8) is 0 Å². The van der Waals surface area contributed by atoms with Crippen LogP contribution in [0.3, 0.4) is 0 Å². The summed E-state index contributed by atoms with van der Waals surface area (Å²) in [6, 6.07) is 17.0. The van der Waals surface area contributed by atoms with Gasteiger partial charge in [0.15, 0.2) is 11.4 Å². The minimum Gasteiger partial charge on any atom is -0.447 e. The van der Waals surface area contributed by atoms with Gasteiger partial charge in [-0.3, -0.25) is 14.7 Å². The molecule has 2 aliphatic rings. The summed E-state index contributed by atoms with van der Waals surface area (Å²) in [6.45, 7) is 10.9. The number of guanidine groups is 1.